The maximum atomic E-state index is 11.8. The van der Waals surface area contributed by atoms with E-state index in [-0.39, 0.29) is 5.91 Å². The van der Waals surface area contributed by atoms with Crippen LogP contribution in [-0.4, -0.2) is 22.5 Å². The molecular weight excluding hydrogens is 362 g/mol. The number of carbonyl (C=O) groups excluding carboxylic acids is 1. The summed E-state index contributed by atoms with van der Waals surface area (Å²) in [5.74, 6) is -1.31. The van der Waals surface area contributed by atoms with Gasteiger partial charge in [-0.1, -0.05) is 0 Å². The van der Waals surface area contributed by atoms with Crippen LogP contribution < -0.4 is 5.32 Å². The summed E-state index contributed by atoms with van der Waals surface area (Å²) in [7, 11) is 0. The molecule has 2 N–H and O–H groups in total. The van der Waals surface area contributed by atoms with Crippen molar-refractivity contribution in [1.82, 2.24) is 5.32 Å². The first-order chi connectivity index (χ1) is 7.46. The maximum absolute atomic E-state index is 11.8. The van der Waals surface area contributed by atoms with Gasteiger partial charge in [-0.15, -0.1) is 11.3 Å². The monoisotopic (exact) mass is 367 g/mol. The summed E-state index contributed by atoms with van der Waals surface area (Å²) in [6.07, 6.45) is 0.997. The zero-order valence-corrected chi connectivity index (χ0v) is 11.9. The van der Waals surface area contributed by atoms with Crippen LogP contribution in [0.1, 0.15) is 22.5 Å². The van der Waals surface area contributed by atoms with Crippen LogP contribution in [0.4, 0.5) is 0 Å². The number of halogens is 2. The lowest BCUT2D eigenvalue weighted by atomic mass is 10.2. The number of hydrogen-bond acceptors (Lipinski definition) is 3. The number of carboxylic acid groups (broad SMARTS) is 1. The Morgan fingerprint density at radius 2 is 2.06 bits per heavy atom. The molecule has 0 radical (unpaired) electrons. The van der Waals surface area contributed by atoms with Crippen LogP contribution in [0.2, 0.25) is 0 Å². The summed E-state index contributed by atoms with van der Waals surface area (Å²) < 4.78 is 1.46. The van der Waals surface area contributed by atoms with Gasteiger partial charge in [-0.25, -0.2) is 4.79 Å². The van der Waals surface area contributed by atoms with E-state index in [0.29, 0.717) is 22.2 Å². The summed E-state index contributed by atoms with van der Waals surface area (Å²) in [4.78, 5) is 23.2. The average Bonchev–Trinajstić information content (AvgIpc) is 2.91. The van der Waals surface area contributed by atoms with Crippen LogP contribution in [0.25, 0.3) is 0 Å². The SMILES string of the molecule is O=C(NC1(C(=O)O)CC1)c1scc(Br)c1Br. The molecule has 1 aromatic rings. The van der Waals surface area contributed by atoms with Gasteiger partial charge in [0.25, 0.3) is 5.91 Å². The van der Waals surface area contributed by atoms with Crippen molar-refractivity contribution in [3.63, 3.8) is 0 Å². The lowest BCUT2D eigenvalue weighted by Crippen LogP contribution is -2.42. The minimum Gasteiger partial charge on any atom is -0.480 e. The number of amides is 1. The van der Waals surface area contributed by atoms with E-state index in [1.807, 2.05) is 0 Å². The van der Waals surface area contributed by atoms with Crippen molar-refractivity contribution < 1.29 is 14.7 Å². The van der Waals surface area contributed by atoms with E-state index < -0.39 is 11.5 Å². The Balaban J connectivity index is 2.15. The van der Waals surface area contributed by atoms with Crippen molar-refractivity contribution in [2.75, 3.05) is 0 Å². The Morgan fingerprint density at radius 3 is 2.44 bits per heavy atom. The average molecular weight is 369 g/mol. The van der Waals surface area contributed by atoms with Crippen molar-refractivity contribution in [1.29, 1.82) is 0 Å². The summed E-state index contributed by atoms with van der Waals surface area (Å²) in [5.41, 5.74) is -1.03. The molecule has 0 aromatic carbocycles. The highest BCUT2D eigenvalue weighted by Crippen LogP contribution is 2.38. The molecule has 0 spiro atoms. The van der Waals surface area contributed by atoms with E-state index in [2.05, 4.69) is 37.2 Å². The minimum atomic E-state index is -1.03. The van der Waals surface area contributed by atoms with Gasteiger partial charge in [0, 0.05) is 9.85 Å². The molecule has 0 bridgehead atoms. The number of nitrogens with one attached hydrogen (secondary N) is 1. The lowest BCUT2D eigenvalue weighted by molar-refractivity contribution is -0.140. The summed E-state index contributed by atoms with van der Waals surface area (Å²) >= 11 is 7.81. The molecule has 1 aliphatic carbocycles. The zero-order valence-electron chi connectivity index (χ0n) is 7.92. The molecule has 4 nitrogen and oxygen atoms in total. The van der Waals surface area contributed by atoms with Gasteiger partial charge in [-0.2, -0.15) is 0 Å². The Bertz CT molecular complexity index is 467. The number of rotatable bonds is 3. The molecule has 0 saturated heterocycles. The minimum absolute atomic E-state index is 0.345. The summed E-state index contributed by atoms with van der Waals surface area (Å²) in [5, 5.41) is 13.3. The molecule has 1 heterocycles. The summed E-state index contributed by atoms with van der Waals surface area (Å²) in [6, 6.07) is 0. The van der Waals surface area contributed by atoms with Gasteiger partial charge in [0.15, 0.2) is 0 Å². The third kappa shape index (κ3) is 2.03. The number of aliphatic carboxylic acids is 1. The molecule has 0 aliphatic heterocycles. The van der Waals surface area contributed by atoms with Crippen molar-refractivity contribution in [3.05, 3.63) is 19.2 Å². The number of carboxylic acids is 1. The van der Waals surface area contributed by atoms with Crippen LogP contribution >= 0.6 is 43.2 Å². The van der Waals surface area contributed by atoms with Crippen molar-refractivity contribution in [2.24, 2.45) is 0 Å². The van der Waals surface area contributed by atoms with Crippen LogP contribution in [0.5, 0.6) is 0 Å². The Hall–Kier alpha value is -0.400. The second-order valence-corrected chi connectivity index (χ2v) is 6.10. The molecule has 1 aliphatic rings. The third-order valence-corrected chi connectivity index (χ3v) is 5.93. The fourth-order valence-corrected chi connectivity index (χ4v) is 3.31. The predicted molar refractivity (Wildman–Crippen MR) is 66.8 cm³/mol. The molecular formula is C9H7Br2NO3S. The van der Waals surface area contributed by atoms with Crippen LogP contribution in [-0.2, 0) is 4.79 Å². The fraction of sp³-hybridized carbons (Fsp3) is 0.333. The van der Waals surface area contributed by atoms with E-state index in [9.17, 15) is 9.59 Å². The number of carbonyl (C=O) groups is 2. The van der Waals surface area contributed by atoms with E-state index in [0.717, 1.165) is 4.47 Å². The molecule has 0 atom stereocenters. The van der Waals surface area contributed by atoms with Crippen LogP contribution in [0.15, 0.2) is 14.3 Å². The van der Waals surface area contributed by atoms with Crippen LogP contribution in [0, 0.1) is 0 Å². The Kier molecular flexibility index (Phi) is 3.11. The van der Waals surface area contributed by atoms with E-state index >= 15 is 0 Å². The molecule has 1 aromatic heterocycles. The van der Waals surface area contributed by atoms with Gasteiger partial charge in [0.1, 0.15) is 10.4 Å². The normalized spacial score (nSPS) is 16.9. The predicted octanol–water partition coefficient (Wildman–Crippen LogP) is 2.62. The molecule has 7 heteroatoms. The van der Waals surface area contributed by atoms with Crippen molar-refractivity contribution >= 4 is 55.1 Å². The zero-order chi connectivity index (χ0) is 11.9. The smallest absolute Gasteiger partial charge is 0.329 e. The second-order valence-electron chi connectivity index (χ2n) is 3.57. The fourth-order valence-electron chi connectivity index (χ4n) is 1.27. The topological polar surface area (TPSA) is 66.4 Å². The third-order valence-electron chi connectivity index (χ3n) is 2.41. The highest BCUT2D eigenvalue weighted by molar-refractivity contribution is 9.13. The number of hydrogen-bond donors (Lipinski definition) is 2. The van der Waals surface area contributed by atoms with Gasteiger partial charge in [0.2, 0.25) is 0 Å². The first-order valence-electron chi connectivity index (χ1n) is 4.45. The summed E-state index contributed by atoms with van der Waals surface area (Å²) in [6.45, 7) is 0. The van der Waals surface area contributed by atoms with Gasteiger partial charge < -0.3 is 10.4 Å². The molecule has 86 valence electrons. The lowest BCUT2D eigenvalue weighted by Gasteiger charge is -2.11. The molecule has 1 amide bonds. The highest BCUT2D eigenvalue weighted by atomic mass is 79.9. The molecule has 2 rings (SSSR count). The van der Waals surface area contributed by atoms with Gasteiger partial charge in [0.05, 0.1) is 4.47 Å². The van der Waals surface area contributed by atoms with E-state index in [4.69, 9.17) is 5.11 Å². The first-order valence-corrected chi connectivity index (χ1v) is 6.91. The quantitative estimate of drug-likeness (QED) is 0.861. The highest BCUT2D eigenvalue weighted by Gasteiger charge is 2.51. The van der Waals surface area contributed by atoms with E-state index in [1.54, 1.807) is 5.38 Å². The van der Waals surface area contributed by atoms with E-state index in [1.165, 1.54) is 11.3 Å². The van der Waals surface area contributed by atoms with Crippen molar-refractivity contribution in [3.8, 4) is 0 Å². The molecule has 16 heavy (non-hydrogen) atoms. The van der Waals surface area contributed by atoms with Crippen molar-refractivity contribution in [2.45, 2.75) is 18.4 Å². The molecule has 1 fully saturated rings. The Labute approximate surface area is 112 Å². The molecule has 0 unspecified atom stereocenters. The first kappa shape index (κ1) is 12.1. The van der Waals surface area contributed by atoms with Gasteiger partial charge in [-0.3, -0.25) is 4.79 Å². The van der Waals surface area contributed by atoms with Gasteiger partial charge >= 0.3 is 5.97 Å². The largest absolute Gasteiger partial charge is 0.480 e. The molecule has 1 saturated carbocycles. The van der Waals surface area contributed by atoms with Gasteiger partial charge in [-0.05, 0) is 44.7 Å². The standard InChI is InChI=1S/C9H7Br2NO3S/c10-4-3-16-6(5(4)11)7(13)12-9(1-2-9)8(14)15/h3H,1-2H2,(H,12,13)(H,14,15). The number of thiophene rings is 1. The maximum Gasteiger partial charge on any atom is 0.329 e. The second kappa shape index (κ2) is 4.12. The van der Waals surface area contributed by atoms with Crippen LogP contribution in [0.3, 0.4) is 0 Å². The Morgan fingerprint density at radius 1 is 1.44 bits per heavy atom.